The Balaban J connectivity index is 2.16. The van der Waals surface area contributed by atoms with Gasteiger partial charge in [-0.2, -0.15) is 0 Å². The molecule has 0 aromatic rings. The second-order valence-electron chi connectivity index (χ2n) is 9.14. The lowest BCUT2D eigenvalue weighted by Gasteiger charge is -2.43. The molecule has 3 nitrogen and oxygen atoms in total. The predicted molar refractivity (Wildman–Crippen MR) is 98.1 cm³/mol. The molecule has 0 unspecified atom stereocenters. The van der Waals surface area contributed by atoms with Gasteiger partial charge >= 0.3 is 0 Å². The average Bonchev–Trinajstić information content (AvgIpc) is 2.81. The fourth-order valence-corrected chi connectivity index (χ4v) is 5.08. The molecule has 2 rings (SSSR count). The van der Waals surface area contributed by atoms with Crippen LogP contribution < -0.4 is 0 Å². The Morgan fingerprint density at radius 2 is 1.83 bits per heavy atom. The van der Waals surface area contributed by atoms with Crippen LogP contribution in [0.4, 0.5) is 0 Å². The molecule has 0 spiro atoms. The molecule has 1 aliphatic carbocycles. The predicted octanol–water partition coefficient (Wildman–Crippen LogP) is 4.52. The van der Waals surface area contributed by atoms with Crippen LogP contribution in [0.2, 0.25) is 18.1 Å². The van der Waals surface area contributed by atoms with Gasteiger partial charge in [0.2, 0.25) is 0 Å². The average molecular weight is 341 g/mol. The maximum absolute atomic E-state index is 9.71. The third kappa shape index (κ3) is 4.27. The van der Waals surface area contributed by atoms with Crippen LogP contribution in [0, 0.1) is 11.8 Å². The number of hydrogen-bond donors (Lipinski definition) is 1. The first-order valence-corrected chi connectivity index (χ1v) is 12.1. The second kappa shape index (κ2) is 6.99. The Hall–Kier alpha value is -0.163. The van der Waals surface area contributed by atoms with Crippen LogP contribution in [0.25, 0.3) is 0 Å². The summed E-state index contributed by atoms with van der Waals surface area (Å²) in [6.07, 6.45) is 4.28. The molecule has 134 valence electrons. The van der Waals surface area contributed by atoms with Gasteiger partial charge in [-0.25, -0.2) is 0 Å². The summed E-state index contributed by atoms with van der Waals surface area (Å²) in [4.78, 5) is 0. The number of aliphatic hydroxyl groups excluding tert-OH is 1. The molecule has 5 atom stereocenters. The number of aliphatic hydroxyl groups is 1. The minimum absolute atomic E-state index is 0.212. The summed E-state index contributed by atoms with van der Waals surface area (Å²) in [5, 5.41) is 9.92. The van der Waals surface area contributed by atoms with E-state index >= 15 is 0 Å². The lowest BCUT2D eigenvalue weighted by molar-refractivity contribution is -0.0949. The van der Waals surface area contributed by atoms with E-state index in [1.807, 2.05) is 0 Å². The van der Waals surface area contributed by atoms with Gasteiger partial charge in [0.1, 0.15) is 0 Å². The zero-order valence-electron chi connectivity index (χ0n) is 15.9. The SMILES string of the molecule is C=C(C)[C@@H]1CC[C@H]([C@H]2CC[C@H](O)CO2)[C@H]1O[Si](C)(C)C(C)(C)C. The van der Waals surface area contributed by atoms with Crippen LogP contribution in [-0.2, 0) is 9.16 Å². The van der Waals surface area contributed by atoms with Crippen molar-refractivity contribution < 1.29 is 14.3 Å². The van der Waals surface area contributed by atoms with Crippen molar-refractivity contribution in [2.24, 2.45) is 11.8 Å². The van der Waals surface area contributed by atoms with Crippen LogP contribution in [0.1, 0.15) is 53.4 Å². The van der Waals surface area contributed by atoms with Crippen molar-refractivity contribution in [3.8, 4) is 0 Å². The van der Waals surface area contributed by atoms with Crippen LogP contribution >= 0.6 is 0 Å². The molecule has 1 saturated heterocycles. The maximum atomic E-state index is 9.71. The summed E-state index contributed by atoms with van der Waals surface area (Å²) in [7, 11) is -1.82. The highest BCUT2D eigenvalue weighted by Gasteiger charge is 2.48. The Kier molecular flexibility index (Phi) is 5.82. The molecule has 0 bridgehead atoms. The summed E-state index contributed by atoms with van der Waals surface area (Å²) < 4.78 is 12.9. The molecular formula is C19H36O3Si. The van der Waals surface area contributed by atoms with Gasteiger partial charge in [-0.15, -0.1) is 0 Å². The Bertz CT molecular complexity index is 419. The van der Waals surface area contributed by atoms with Crippen molar-refractivity contribution in [2.75, 3.05) is 6.61 Å². The molecule has 2 aliphatic rings. The topological polar surface area (TPSA) is 38.7 Å². The van der Waals surface area contributed by atoms with Crippen molar-refractivity contribution in [3.63, 3.8) is 0 Å². The van der Waals surface area contributed by atoms with Gasteiger partial charge < -0.3 is 14.3 Å². The molecule has 2 fully saturated rings. The van der Waals surface area contributed by atoms with Gasteiger partial charge in [-0.3, -0.25) is 0 Å². The molecule has 0 radical (unpaired) electrons. The van der Waals surface area contributed by atoms with Crippen molar-refractivity contribution in [3.05, 3.63) is 12.2 Å². The molecule has 1 aliphatic heterocycles. The van der Waals surface area contributed by atoms with E-state index in [0.717, 1.165) is 25.7 Å². The monoisotopic (exact) mass is 340 g/mol. The lowest BCUT2D eigenvalue weighted by atomic mass is 9.89. The molecule has 1 N–H and O–H groups in total. The molecule has 0 aromatic carbocycles. The standard InChI is InChI=1S/C19H36O3Si/c1-13(2)15-9-10-16(17-11-8-14(20)12-21-17)18(15)22-23(6,7)19(3,4)5/h14-18,20H,1,8-12H2,2-7H3/t14-,15-,16+,17+,18-/m0/s1. The fraction of sp³-hybridized carbons (Fsp3) is 0.895. The summed E-state index contributed by atoms with van der Waals surface area (Å²) in [6, 6.07) is 0. The Labute approximate surface area is 143 Å². The number of rotatable bonds is 4. The van der Waals surface area contributed by atoms with E-state index in [0.29, 0.717) is 18.4 Å². The lowest BCUT2D eigenvalue weighted by Crippen LogP contribution is -2.49. The van der Waals surface area contributed by atoms with Crippen molar-refractivity contribution in [1.82, 2.24) is 0 Å². The first-order valence-electron chi connectivity index (χ1n) is 9.16. The van der Waals surface area contributed by atoms with Crippen molar-refractivity contribution in [2.45, 2.75) is 89.8 Å². The third-order valence-electron chi connectivity index (χ3n) is 6.26. The normalized spacial score (nSPS) is 36.2. The highest BCUT2D eigenvalue weighted by atomic mass is 28.4. The first kappa shape index (κ1) is 19.2. The largest absolute Gasteiger partial charge is 0.413 e. The molecule has 23 heavy (non-hydrogen) atoms. The highest BCUT2D eigenvalue weighted by molar-refractivity contribution is 6.74. The van der Waals surface area contributed by atoms with Gasteiger partial charge in [0.05, 0.1) is 24.9 Å². The van der Waals surface area contributed by atoms with Gasteiger partial charge in [-0.05, 0) is 50.7 Å². The van der Waals surface area contributed by atoms with Crippen LogP contribution in [0.5, 0.6) is 0 Å². The number of hydrogen-bond acceptors (Lipinski definition) is 3. The van der Waals surface area contributed by atoms with Gasteiger partial charge in [0, 0.05) is 11.8 Å². The van der Waals surface area contributed by atoms with Gasteiger partial charge in [-0.1, -0.05) is 32.9 Å². The zero-order valence-corrected chi connectivity index (χ0v) is 16.9. The zero-order chi connectivity index (χ0) is 17.4. The molecule has 0 aromatic heterocycles. The van der Waals surface area contributed by atoms with Gasteiger partial charge in [0.25, 0.3) is 0 Å². The Morgan fingerprint density at radius 3 is 2.30 bits per heavy atom. The van der Waals surface area contributed by atoms with E-state index in [-0.39, 0.29) is 23.4 Å². The summed E-state index contributed by atoms with van der Waals surface area (Å²) in [5.41, 5.74) is 1.24. The second-order valence-corrected chi connectivity index (χ2v) is 13.9. The van der Waals surface area contributed by atoms with E-state index in [1.54, 1.807) is 0 Å². The number of ether oxygens (including phenoxy) is 1. The maximum Gasteiger partial charge on any atom is 0.192 e. The van der Waals surface area contributed by atoms with Crippen LogP contribution in [-0.4, -0.2) is 38.3 Å². The van der Waals surface area contributed by atoms with E-state index in [2.05, 4.69) is 47.4 Å². The van der Waals surface area contributed by atoms with E-state index in [4.69, 9.17) is 9.16 Å². The van der Waals surface area contributed by atoms with E-state index in [9.17, 15) is 5.11 Å². The molecule has 4 heteroatoms. The van der Waals surface area contributed by atoms with E-state index < -0.39 is 8.32 Å². The van der Waals surface area contributed by atoms with Crippen molar-refractivity contribution in [1.29, 1.82) is 0 Å². The molecule has 1 saturated carbocycles. The molecular weight excluding hydrogens is 304 g/mol. The highest BCUT2D eigenvalue weighted by Crippen LogP contribution is 2.46. The molecule has 1 heterocycles. The fourth-order valence-electron chi connectivity index (χ4n) is 3.71. The van der Waals surface area contributed by atoms with Crippen molar-refractivity contribution >= 4 is 8.32 Å². The van der Waals surface area contributed by atoms with Crippen LogP contribution in [0.3, 0.4) is 0 Å². The Morgan fingerprint density at radius 1 is 1.17 bits per heavy atom. The first-order chi connectivity index (χ1) is 10.5. The minimum atomic E-state index is -1.82. The molecule has 0 amide bonds. The summed E-state index contributed by atoms with van der Waals surface area (Å²) in [6.45, 7) is 18.4. The third-order valence-corrected chi connectivity index (χ3v) is 10.7. The van der Waals surface area contributed by atoms with Crippen LogP contribution in [0.15, 0.2) is 12.2 Å². The van der Waals surface area contributed by atoms with Gasteiger partial charge in [0.15, 0.2) is 8.32 Å². The smallest absolute Gasteiger partial charge is 0.192 e. The van der Waals surface area contributed by atoms with E-state index in [1.165, 1.54) is 5.57 Å². The summed E-state index contributed by atoms with van der Waals surface area (Å²) >= 11 is 0. The summed E-state index contributed by atoms with van der Waals surface area (Å²) in [5.74, 6) is 0.892. The minimum Gasteiger partial charge on any atom is -0.413 e. The quantitative estimate of drug-likeness (QED) is 0.604.